The summed E-state index contributed by atoms with van der Waals surface area (Å²) in [5.41, 5.74) is 2.39. The van der Waals surface area contributed by atoms with Gasteiger partial charge in [-0.1, -0.05) is 0 Å². The van der Waals surface area contributed by atoms with Gasteiger partial charge in [0.25, 0.3) is 0 Å². The van der Waals surface area contributed by atoms with E-state index in [9.17, 15) is 0 Å². The number of aromatic nitrogens is 4. The average Bonchev–Trinajstić information content (AvgIpc) is 2.93. The normalized spacial score (nSPS) is 12.0. The highest BCUT2D eigenvalue weighted by Gasteiger charge is 2.13. The van der Waals surface area contributed by atoms with E-state index in [4.69, 9.17) is 0 Å². The van der Waals surface area contributed by atoms with Crippen molar-refractivity contribution in [2.75, 3.05) is 6.54 Å². The second kappa shape index (κ2) is 5.57. The Kier molecular flexibility index (Phi) is 4.04. The molecule has 0 saturated heterocycles. The summed E-state index contributed by atoms with van der Waals surface area (Å²) in [4.78, 5) is 0. The minimum atomic E-state index is 0.0478. The summed E-state index contributed by atoms with van der Waals surface area (Å²) in [6.45, 7) is 8.23. The molecule has 0 aliphatic rings. The van der Waals surface area contributed by atoms with E-state index in [1.165, 1.54) is 5.56 Å². The Balaban J connectivity index is 1.75. The molecule has 0 spiro atoms. The zero-order valence-corrected chi connectivity index (χ0v) is 12.2. The highest BCUT2D eigenvalue weighted by molar-refractivity contribution is 5.05. The molecule has 5 heteroatoms. The monoisotopic (exact) mass is 261 g/mol. The van der Waals surface area contributed by atoms with Crippen LogP contribution in [0.25, 0.3) is 0 Å². The topological polar surface area (TPSA) is 47.7 Å². The van der Waals surface area contributed by atoms with Crippen LogP contribution >= 0.6 is 0 Å². The lowest BCUT2D eigenvalue weighted by atomic mass is 10.1. The van der Waals surface area contributed by atoms with Crippen molar-refractivity contribution < 1.29 is 0 Å². The van der Waals surface area contributed by atoms with Crippen LogP contribution in [-0.2, 0) is 25.6 Å². The van der Waals surface area contributed by atoms with Gasteiger partial charge in [0.05, 0.1) is 17.4 Å². The van der Waals surface area contributed by atoms with E-state index in [0.717, 1.165) is 25.2 Å². The second-order valence-electron chi connectivity index (χ2n) is 5.87. The maximum atomic E-state index is 4.39. The van der Waals surface area contributed by atoms with Crippen LogP contribution in [0.4, 0.5) is 0 Å². The maximum Gasteiger partial charge on any atom is 0.0637 e. The zero-order valence-electron chi connectivity index (χ0n) is 12.2. The van der Waals surface area contributed by atoms with Crippen molar-refractivity contribution in [3.8, 4) is 0 Å². The molecule has 2 heterocycles. The molecule has 0 atom stereocenters. The first-order chi connectivity index (χ1) is 8.95. The molecular formula is C14H23N5. The smallest absolute Gasteiger partial charge is 0.0637 e. The van der Waals surface area contributed by atoms with Crippen LogP contribution in [0.15, 0.2) is 24.7 Å². The van der Waals surface area contributed by atoms with Crippen molar-refractivity contribution >= 4 is 0 Å². The third-order valence-corrected chi connectivity index (χ3v) is 2.98. The van der Waals surface area contributed by atoms with Crippen LogP contribution in [0.2, 0.25) is 0 Å². The van der Waals surface area contributed by atoms with Crippen molar-refractivity contribution in [3.63, 3.8) is 0 Å². The van der Waals surface area contributed by atoms with Crippen LogP contribution in [-0.4, -0.2) is 26.1 Å². The van der Waals surface area contributed by atoms with Gasteiger partial charge in [0, 0.05) is 44.5 Å². The van der Waals surface area contributed by atoms with Gasteiger partial charge >= 0.3 is 0 Å². The van der Waals surface area contributed by atoms with E-state index in [-0.39, 0.29) is 5.54 Å². The summed E-state index contributed by atoms with van der Waals surface area (Å²) >= 11 is 0. The largest absolute Gasteiger partial charge is 0.312 e. The van der Waals surface area contributed by atoms with Crippen LogP contribution < -0.4 is 5.32 Å². The molecule has 0 fully saturated rings. The SMILES string of the molecule is Cn1ccc(CCNCc2cnn(C(C)(C)C)c2)n1. The predicted octanol–water partition coefficient (Wildman–Crippen LogP) is 1.70. The fourth-order valence-electron chi connectivity index (χ4n) is 1.86. The van der Waals surface area contributed by atoms with Gasteiger partial charge in [0.15, 0.2) is 0 Å². The van der Waals surface area contributed by atoms with Crippen molar-refractivity contribution in [2.24, 2.45) is 7.05 Å². The lowest BCUT2D eigenvalue weighted by Crippen LogP contribution is -2.22. The third-order valence-electron chi connectivity index (χ3n) is 2.98. The Morgan fingerprint density at radius 1 is 1.32 bits per heavy atom. The summed E-state index contributed by atoms with van der Waals surface area (Å²) in [5.74, 6) is 0. The number of nitrogens with zero attached hydrogens (tertiary/aromatic N) is 4. The summed E-state index contributed by atoms with van der Waals surface area (Å²) in [6.07, 6.45) is 6.96. The molecule has 2 aromatic rings. The van der Waals surface area contributed by atoms with Gasteiger partial charge < -0.3 is 5.32 Å². The van der Waals surface area contributed by atoms with E-state index < -0.39 is 0 Å². The molecule has 2 rings (SSSR count). The molecule has 5 nitrogen and oxygen atoms in total. The minimum Gasteiger partial charge on any atom is -0.312 e. The van der Waals surface area contributed by atoms with E-state index in [1.807, 2.05) is 28.8 Å². The first kappa shape index (κ1) is 13.8. The molecule has 2 aromatic heterocycles. The number of hydrogen-bond acceptors (Lipinski definition) is 3. The van der Waals surface area contributed by atoms with Crippen LogP contribution in [0.5, 0.6) is 0 Å². The van der Waals surface area contributed by atoms with Gasteiger partial charge in [0.1, 0.15) is 0 Å². The molecule has 104 valence electrons. The molecule has 0 aromatic carbocycles. The minimum absolute atomic E-state index is 0.0478. The highest BCUT2D eigenvalue weighted by Crippen LogP contribution is 2.12. The first-order valence-electron chi connectivity index (χ1n) is 6.68. The molecule has 19 heavy (non-hydrogen) atoms. The number of aryl methyl sites for hydroxylation is 1. The lowest BCUT2D eigenvalue weighted by molar-refractivity contribution is 0.355. The molecule has 0 radical (unpaired) electrons. The van der Waals surface area contributed by atoms with Crippen LogP contribution in [0, 0.1) is 0 Å². The van der Waals surface area contributed by atoms with Gasteiger partial charge in [-0.2, -0.15) is 10.2 Å². The van der Waals surface area contributed by atoms with E-state index in [2.05, 4.69) is 48.5 Å². The number of hydrogen-bond donors (Lipinski definition) is 1. The molecular weight excluding hydrogens is 238 g/mol. The summed E-state index contributed by atoms with van der Waals surface area (Å²) in [5, 5.41) is 12.2. The van der Waals surface area contributed by atoms with Gasteiger partial charge in [-0.05, 0) is 26.8 Å². The third kappa shape index (κ3) is 3.92. The number of rotatable bonds is 5. The molecule has 0 amide bonds. The average molecular weight is 261 g/mol. The molecule has 0 unspecified atom stereocenters. The Bertz CT molecular complexity index is 518. The van der Waals surface area contributed by atoms with Crippen molar-refractivity contribution in [2.45, 2.75) is 39.3 Å². The van der Waals surface area contributed by atoms with Crippen molar-refractivity contribution in [3.05, 3.63) is 35.9 Å². The van der Waals surface area contributed by atoms with Crippen LogP contribution in [0.3, 0.4) is 0 Å². The molecule has 0 saturated carbocycles. The maximum absolute atomic E-state index is 4.39. The zero-order chi connectivity index (χ0) is 13.9. The Morgan fingerprint density at radius 2 is 2.11 bits per heavy atom. The van der Waals surface area contributed by atoms with E-state index >= 15 is 0 Å². The summed E-state index contributed by atoms with van der Waals surface area (Å²) in [7, 11) is 1.94. The Hall–Kier alpha value is -1.62. The molecule has 0 bridgehead atoms. The Morgan fingerprint density at radius 3 is 2.68 bits per heavy atom. The quantitative estimate of drug-likeness (QED) is 0.833. The van der Waals surface area contributed by atoms with Crippen molar-refractivity contribution in [1.82, 2.24) is 24.9 Å². The molecule has 0 aliphatic carbocycles. The van der Waals surface area contributed by atoms with Gasteiger partial charge in [-0.15, -0.1) is 0 Å². The first-order valence-corrected chi connectivity index (χ1v) is 6.68. The predicted molar refractivity (Wildman–Crippen MR) is 75.8 cm³/mol. The fraction of sp³-hybridized carbons (Fsp3) is 0.571. The van der Waals surface area contributed by atoms with Gasteiger partial charge in [0.2, 0.25) is 0 Å². The molecule has 1 N–H and O–H groups in total. The Labute approximate surface area is 114 Å². The lowest BCUT2D eigenvalue weighted by Gasteiger charge is -2.18. The summed E-state index contributed by atoms with van der Waals surface area (Å²) in [6, 6.07) is 2.05. The van der Waals surface area contributed by atoms with E-state index in [0.29, 0.717) is 0 Å². The highest BCUT2D eigenvalue weighted by atomic mass is 15.3. The van der Waals surface area contributed by atoms with E-state index in [1.54, 1.807) is 0 Å². The van der Waals surface area contributed by atoms with Crippen LogP contribution in [0.1, 0.15) is 32.0 Å². The summed E-state index contributed by atoms with van der Waals surface area (Å²) < 4.78 is 3.84. The standard InChI is InChI=1S/C14H23N5/c1-14(2,3)19-11-12(10-16-19)9-15-7-5-13-6-8-18(4)17-13/h6,8,10-11,15H,5,7,9H2,1-4H3. The molecule has 0 aliphatic heterocycles. The van der Waals surface area contributed by atoms with Gasteiger partial charge in [-0.3, -0.25) is 9.36 Å². The van der Waals surface area contributed by atoms with Crippen molar-refractivity contribution in [1.29, 1.82) is 0 Å². The van der Waals surface area contributed by atoms with Gasteiger partial charge in [-0.25, -0.2) is 0 Å². The fourth-order valence-corrected chi connectivity index (χ4v) is 1.86. The number of nitrogens with one attached hydrogen (secondary N) is 1. The second-order valence-corrected chi connectivity index (χ2v) is 5.87.